The molecule has 0 bridgehead atoms. The average molecular weight is 175 g/mol. The fraction of sp³-hybridized carbons (Fsp3) is 0.455. The van der Waals surface area contributed by atoms with Gasteiger partial charge in [0.25, 0.3) is 0 Å². The highest BCUT2D eigenvalue weighted by Crippen LogP contribution is 2.03. The second-order valence-corrected chi connectivity index (χ2v) is 3.65. The predicted octanol–water partition coefficient (Wildman–Crippen LogP) is 2.21. The first-order chi connectivity index (χ1) is 5.84. The Labute approximate surface area is 78.4 Å². The van der Waals surface area contributed by atoms with Crippen molar-refractivity contribution in [1.82, 2.24) is 0 Å². The number of hydrogen-bond donors (Lipinski definition) is 0. The van der Waals surface area contributed by atoms with Gasteiger partial charge in [0, 0.05) is 0 Å². The predicted molar refractivity (Wildman–Crippen MR) is 55.1 cm³/mol. The van der Waals surface area contributed by atoms with Crippen LogP contribution in [0.15, 0.2) is 24.3 Å². The lowest BCUT2D eigenvalue weighted by Crippen LogP contribution is -2.09. The Morgan fingerprint density at radius 1 is 1.17 bits per heavy atom. The van der Waals surface area contributed by atoms with E-state index in [2.05, 4.69) is 41.4 Å². The number of hydrogen-bond acceptors (Lipinski definition) is 0. The molecule has 0 fully saturated rings. The van der Waals surface area contributed by atoms with E-state index in [0.717, 1.165) is 0 Å². The average Bonchev–Trinajstić information content (AvgIpc) is 2.09. The summed E-state index contributed by atoms with van der Waals surface area (Å²) >= 11 is 0. The second-order valence-electron chi connectivity index (χ2n) is 3.11. The molecule has 0 aromatic heterocycles. The molecule has 12 heavy (non-hydrogen) atoms. The molecule has 0 aliphatic carbocycles. The number of unbranched alkanes of at least 4 members (excludes halogenated alkanes) is 2. The van der Waals surface area contributed by atoms with Crippen LogP contribution in [0.1, 0.15) is 31.7 Å². The van der Waals surface area contributed by atoms with Gasteiger partial charge in [-0.1, -0.05) is 49.2 Å². The molecule has 0 atom stereocenters. The van der Waals surface area contributed by atoms with Crippen molar-refractivity contribution in [2.24, 2.45) is 0 Å². The third-order valence-electron chi connectivity index (χ3n) is 2.07. The quantitative estimate of drug-likeness (QED) is 0.486. The largest absolute Gasteiger partial charge is 0.0715 e. The van der Waals surface area contributed by atoms with E-state index in [1.54, 1.807) is 0 Å². The van der Waals surface area contributed by atoms with Gasteiger partial charge in [-0.25, -0.2) is 0 Å². The molecule has 0 saturated heterocycles. The highest BCUT2D eigenvalue weighted by Gasteiger charge is 1.95. The van der Waals surface area contributed by atoms with Crippen LogP contribution in [0.2, 0.25) is 0 Å². The van der Waals surface area contributed by atoms with Crippen molar-refractivity contribution < 1.29 is 0 Å². The summed E-state index contributed by atoms with van der Waals surface area (Å²) in [5.74, 6) is 0. The van der Waals surface area contributed by atoms with Gasteiger partial charge in [0.15, 0.2) is 0 Å². The Morgan fingerprint density at radius 2 is 1.92 bits per heavy atom. The zero-order valence-corrected chi connectivity index (χ0v) is 8.64. The molecule has 0 aliphatic heterocycles. The van der Waals surface area contributed by atoms with Gasteiger partial charge in [-0.3, -0.25) is 0 Å². The summed E-state index contributed by atoms with van der Waals surface area (Å²) < 4.78 is 0. The van der Waals surface area contributed by atoms with E-state index < -0.39 is 0 Å². The monoisotopic (exact) mass is 175 g/mol. The van der Waals surface area contributed by atoms with Gasteiger partial charge in [0.1, 0.15) is 0 Å². The Hall–Kier alpha value is -0.563. The van der Waals surface area contributed by atoms with E-state index in [0.29, 0.717) is 0 Å². The highest BCUT2D eigenvalue weighted by molar-refractivity contribution is 6.33. The smallest absolute Gasteiger partial charge is 0.0654 e. The van der Waals surface area contributed by atoms with Crippen molar-refractivity contribution >= 4 is 15.4 Å². The first-order valence-corrected chi connectivity index (χ1v) is 5.14. The summed E-state index contributed by atoms with van der Waals surface area (Å²) in [6.07, 6.45) is 5.13. The van der Waals surface area contributed by atoms with Gasteiger partial charge < -0.3 is 0 Å². The molecule has 1 aromatic rings. The van der Waals surface area contributed by atoms with Crippen molar-refractivity contribution in [3.8, 4) is 0 Å². The van der Waals surface area contributed by atoms with Crippen LogP contribution < -0.4 is 5.19 Å². The molecule has 0 saturated carbocycles. The van der Waals surface area contributed by atoms with Crippen LogP contribution in [0.25, 0.3) is 0 Å². The van der Waals surface area contributed by atoms with E-state index in [1.165, 1.54) is 36.4 Å². The minimum atomic E-state index is 1.20. The molecule has 0 spiro atoms. The lowest BCUT2D eigenvalue weighted by molar-refractivity contribution is 0.719. The van der Waals surface area contributed by atoms with Crippen molar-refractivity contribution in [1.29, 1.82) is 0 Å². The van der Waals surface area contributed by atoms with E-state index in [9.17, 15) is 0 Å². The third-order valence-corrected chi connectivity index (χ3v) is 2.55. The molecule has 0 amide bonds. The lowest BCUT2D eigenvalue weighted by atomic mass is 10.1. The van der Waals surface area contributed by atoms with Gasteiger partial charge in [-0.15, -0.1) is 0 Å². The third kappa shape index (κ3) is 2.82. The van der Waals surface area contributed by atoms with Gasteiger partial charge >= 0.3 is 0 Å². The zero-order valence-electron chi connectivity index (χ0n) is 7.64. The number of benzene rings is 1. The van der Waals surface area contributed by atoms with Crippen LogP contribution >= 0.6 is 0 Å². The van der Waals surface area contributed by atoms with Crippen LogP contribution in [0, 0.1) is 0 Å². The van der Waals surface area contributed by atoms with Crippen molar-refractivity contribution in [2.45, 2.75) is 32.6 Å². The number of aryl methyl sites for hydroxylation is 1. The Kier molecular flexibility index (Phi) is 4.09. The van der Waals surface area contributed by atoms with Gasteiger partial charge in [-0.05, 0) is 18.4 Å². The fourth-order valence-corrected chi connectivity index (χ4v) is 1.61. The molecule has 0 heterocycles. The molecule has 0 aliphatic rings. The maximum absolute atomic E-state index is 3.60. The maximum atomic E-state index is 3.60. The lowest BCUT2D eigenvalue weighted by Gasteiger charge is -2.03. The zero-order chi connectivity index (χ0) is 8.81. The fourth-order valence-electron chi connectivity index (χ4n) is 1.30. The summed E-state index contributed by atoms with van der Waals surface area (Å²) in [6.45, 7) is 2.24. The minimum Gasteiger partial charge on any atom is -0.0654 e. The topological polar surface area (TPSA) is 0 Å². The molecule has 1 rings (SSSR count). The standard InChI is InChI=1S/C11H15Si/c1-2-3-4-7-10-8-5-6-9-11(10)12/h5-6,8-9H,2-4,7H2,1H3. The van der Waals surface area contributed by atoms with Gasteiger partial charge in [-0.2, -0.15) is 0 Å². The Balaban J connectivity index is 2.46. The molecule has 0 N–H and O–H groups in total. The van der Waals surface area contributed by atoms with Gasteiger partial charge in [0.05, 0.1) is 10.2 Å². The van der Waals surface area contributed by atoms with E-state index in [1.807, 2.05) is 0 Å². The van der Waals surface area contributed by atoms with Crippen molar-refractivity contribution in [2.75, 3.05) is 0 Å². The maximum Gasteiger partial charge on any atom is 0.0715 e. The Bertz CT molecular complexity index is 230. The molecular weight excluding hydrogens is 160 g/mol. The summed E-state index contributed by atoms with van der Waals surface area (Å²) in [5.41, 5.74) is 1.43. The summed E-state index contributed by atoms with van der Waals surface area (Å²) in [5, 5.41) is 1.24. The number of rotatable bonds is 4. The molecule has 1 heteroatoms. The summed E-state index contributed by atoms with van der Waals surface area (Å²) in [6, 6.07) is 8.47. The summed E-state index contributed by atoms with van der Waals surface area (Å²) in [7, 11) is 3.60. The molecule has 63 valence electrons. The molecule has 1 aromatic carbocycles. The normalized spacial score (nSPS) is 10.2. The minimum absolute atomic E-state index is 1.20. The molecule has 0 unspecified atom stereocenters. The van der Waals surface area contributed by atoms with E-state index in [-0.39, 0.29) is 0 Å². The van der Waals surface area contributed by atoms with E-state index >= 15 is 0 Å². The van der Waals surface area contributed by atoms with Crippen LogP contribution in [0.3, 0.4) is 0 Å². The molecule has 0 nitrogen and oxygen atoms in total. The Morgan fingerprint density at radius 3 is 2.58 bits per heavy atom. The van der Waals surface area contributed by atoms with E-state index in [4.69, 9.17) is 0 Å². The van der Waals surface area contributed by atoms with Crippen molar-refractivity contribution in [3.05, 3.63) is 29.8 Å². The molecular formula is C11H15Si. The SMILES string of the molecule is CCCCCc1ccccc1[Si]. The van der Waals surface area contributed by atoms with Crippen molar-refractivity contribution in [3.63, 3.8) is 0 Å². The second kappa shape index (κ2) is 5.15. The first kappa shape index (κ1) is 9.52. The molecule has 3 radical (unpaired) electrons. The highest BCUT2D eigenvalue weighted by atomic mass is 28.1. The van der Waals surface area contributed by atoms with Crippen LogP contribution in [0.4, 0.5) is 0 Å². The summed E-state index contributed by atoms with van der Waals surface area (Å²) in [4.78, 5) is 0. The van der Waals surface area contributed by atoms with Crippen LogP contribution in [-0.2, 0) is 6.42 Å². The first-order valence-electron chi connectivity index (χ1n) is 4.64. The van der Waals surface area contributed by atoms with Gasteiger partial charge in [0.2, 0.25) is 0 Å². The van der Waals surface area contributed by atoms with Crippen LogP contribution in [-0.4, -0.2) is 10.2 Å². The van der Waals surface area contributed by atoms with Crippen LogP contribution in [0.5, 0.6) is 0 Å².